The molecule has 0 amide bonds. The molecule has 0 radical (unpaired) electrons. The molecule has 19 heavy (non-hydrogen) atoms. The first-order valence-electron chi connectivity index (χ1n) is 5.80. The van der Waals surface area contributed by atoms with Crippen molar-refractivity contribution in [3.05, 3.63) is 58.7 Å². The molecule has 0 N–H and O–H groups in total. The zero-order valence-electron chi connectivity index (χ0n) is 10.6. The zero-order valence-corrected chi connectivity index (χ0v) is 12.2. The Labute approximate surface area is 119 Å². The molecule has 0 saturated carbocycles. The Morgan fingerprint density at radius 2 is 1.68 bits per heavy atom. The number of hydrogen-bond acceptors (Lipinski definition) is 1. The van der Waals surface area contributed by atoms with Gasteiger partial charge in [-0.1, -0.05) is 33.6 Å². The minimum absolute atomic E-state index is 0.364. The lowest BCUT2D eigenvalue weighted by atomic mass is 10.1. The molecular formula is C15H13BrF2O. The maximum Gasteiger partial charge on any atom is 0.198 e. The van der Waals surface area contributed by atoms with Gasteiger partial charge in [-0.05, 0) is 43.2 Å². The van der Waals surface area contributed by atoms with E-state index in [0.717, 1.165) is 11.1 Å². The van der Waals surface area contributed by atoms with Gasteiger partial charge >= 0.3 is 0 Å². The Hall–Kier alpha value is -1.42. The van der Waals surface area contributed by atoms with E-state index in [1.165, 1.54) is 12.1 Å². The lowest BCUT2D eigenvalue weighted by Crippen LogP contribution is -1.96. The highest BCUT2D eigenvalue weighted by molar-refractivity contribution is 9.08. The predicted octanol–water partition coefficient (Wildman–Crippen LogP) is 5.27. The second-order valence-corrected chi connectivity index (χ2v) is 4.95. The van der Waals surface area contributed by atoms with E-state index in [4.69, 9.17) is 4.74 Å². The smallest absolute Gasteiger partial charge is 0.198 e. The third-order valence-corrected chi connectivity index (χ3v) is 3.40. The maximum absolute atomic E-state index is 13.8. The van der Waals surface area contributed by atoms with E-state index in [2.05, 4.69) is 15.9 Å². The minimum Gasteiger partial charge on any atom is -0.451 e. The molecule has 0 unspecified atom stereocenters. The van der Waals surface area contributed by atoms with E-state index in [9.17, 15) is 8.78 Å². The molecule has 4 heteroatoms. The molecule has 0 saturated heterocycles. The summed E-state index contributed by atoms with van der Waals surface area (Å²) >= 11 is 3.16. The lowest BCUT2D eigenvalue weighted by molar-refractivity contribution is 0.404. The van der Waals surface area contributed by atoms with Gasteiger partial charge in [0.2, 0.25) is 0 Å². The number of hydrogen-bond donors (Lipinski definition) is 0. The van der Waals surface area contributed by atoms with Crippen LogP contribution in [0.5, 0.6) is 11.5 Å². The normalized spacial score (nSPS) is 10.6. The third kappa shape index (κ3) is 3.13. The topological polar surface area (TPSA) is 9.23 Å². The molecule has 0 aliphatic rings. The molecule has 1 nitrogen and oxygen atoms in total. The summed E-state index contributed by atoms with van der Waals surface area (Å²) in [5.41, 5.74) is 2.44. The Kier molecular flexibility index (Phi) is 4.20. The van der Waals surface area contributed by atoms with Crippen LogP contribution in [-0.4, -0.2) is 0 Å². The minimum atomic E-state index is -0.700. The Morgan fingerprint density at radius 1 is 1.05 bits per heavy atom. The van der Waals surface area contributed by atoms with Gasteiger partial charge in [0.15, 0.2) is 17.4 Å². The van der Waals surface area contributed by atoms with Gasteiger partial charge in [0.1, 0.15) is 5.75 Å². The van der Waals surface area contributed by atoms with Gasteiger partial charge < -0.3 is 4.74 Å². The van der Waals surface area contributed by atoms with Gasteiger partial charge in [-0.15, -0.1) is 0 Å². The largest absolute Gasteiger partial charge is 0.451 e. The monoisotopic (exact) mass is 326 g/mol. The first kappa shape index (κ1) is 14.0. The van der Waals surface area contributed by atoms with Gasteiger partial charge in [-0.2, -0.15) is 0 Å². The van der Waals surface area contributed by atoms with Crippen LogP contribution in [0.3, 0.4) is 0 Å². The quantitative estimate of drug-likeness (QED) is 0.698. The second kappa shape index (κ2) is 5.70. The average Bonchev–Trinajstić information content (AvgIpc) is 2.35. The molecule has 0 heterocycles. The van der Waals surface area contributed by atoms with Crippen molar-refractivity contribution in [1.29, 1.82) is 0 Å². The van der Waals surface area contributed by atoms with Gasteiger partial charge in [0.05, 0.1) is 0 Å². The fourth-order valence-electron chi connectivity index (χ4n) is 1.81. The van der Waals surface area contributed by atoms with Crippen molar-refractivity contribution in [2.75, 3.05) is 0 Å². The van der Waals surface area contributed by atoms with E-state index in [0.29, 0.717) is 16.6 Å². The number of rotatable bonds is 3. The average molecular weight is 327 g/mol. The van der Waals surface area contributed by atoms with Crippen molar-refractivity contribution >= 4 is 15.9 Å². The fourth-order valence-corrected chi connectivity index (χ4v) is 2.13. The van der Waals surface area contributed by atoms with Crippen LogP contribution in [0.15, 0.2) is 30.3 Å². The van der Waals surface area contributed by atoms with E-state index in [1.807, 2.05) is 26.0 Å². The second-order valence-electron chi connectivity index (χ2n) is 4.39. The Balaban J connectivity index is 2.38. The fraction of sp³-hybridized carbons (Fsp3) is 0.200. The summed E-state index contributed by atoms with van der Waals surface area (Å²) in [6.07, 6.45) is 0. The van der Waals surface area contributed by atoms with Gasteiger partial charge in [0.25, 0.3) is 0 Å². The molecule has 2 rings (SSSR count). The number of alkyl halides is 1. The van der Waals surface area contributed by atoms with Gasteiger partial charge in [-0.3, -0.25) is 0 Å². The molecule has 2 aromatic carbocycles. The number of benzene rings is 2. The first-order valence-corrected chi connectivity index (χ1v) is 6.92. The summed E-state index contributed by atoms with van der Waals surface area (Å²) in [5.74, 6) is -1.31. The molecular weight excluding hydrogens is 314 g/mol. The van der Waals surface area contributed by atoms with Crippen LogP contribution < -0.4 is 4.74 Å². The van der Waals surface area contributed by atoms with Crippen molar-refractivity contribution in [2.24, 2.45) is 0 Å². The zero-order chi connectivity index (χ0) is 14.0. The van der Waals surface area contributed by atoms with E-state index in [1.54, 1.807) is 6.07 Å². The third-order valence-electron chi connectivity index (χ3n) is 2.75. The highest BCUT2D eigenvalue weighted by atomic mass is 79.9. The van der Waals surface area contributed by atoms with Crippen molar-refractivity contribution < 1.29 is 13.5 Å². The molecule has 0 bridgehead atoms. The van der Waals surface area contributed by atoms with Crippen LogP contribution in [0.25, 0.3) is 0 Å². The lowest BCUT2D eigenvalue weighted by Gasteiger charge is -2.11. The number of ether oxygens (including phenoxy) is 1. The highest BCUT2D eigenvalue weighted by Crippen LogP contribution is 2.31. The van der Waals surface area contributed by atoms with Crippen LogP contribution in [0, 0.1) is 25.5 Å². The standard InChI is InChI=1S/C15H13BrF2O/c1-9-3-4-14(10(2)5-9)19-15-12(17)6-11(8-16)7-13(15)18/h3-7H,8H2,1-2H3. The predicted molar refractivity (Wildman–Crippen MR) is 75.0 cm³/mol. The van der Waals surface area contributed by atoms with Gasteiger partial charge in [0, 0.05) is 5.33 Å². The summed E-state index contributed by atoms with van der Waals surface area (Å²) in [6.45, 7) is 3.79. The molecule has 0 aliphatic carbocycles. The van der Waals surface area contributed by atoms with E-state index < -0.39 is 11.6 Å². The van der Waals surface area contributed by atoms with Crippen molar-refractivity contribution in [2.45, 2.75) is 19.2 Å². The van der Waals surface area contributed by atoms with Crippen LogP contribution in [0.1, 0.15) is 16.7 Å². The number of aryl methyl sites for hydroxylation is 2. The summed E-state index contributed by atoms with van der Waals surface area (Å²) in [4.78, 5) is 0. The van der Waals surface area contributed by atoms with E-state index >= 15 is 0 Å². The van der Waals surface area contributed by atoms with Crippen molar-refractivity contribution in [3.8, 4) is 11.5 Å². The SMILES string of the molecule is Cc1ccc(Oc2c(F)cc(CBr)cc2F)c(C)c1. The molecule has 2 aromatic rings. The highest BCUT2D eigenvalue weighted by Gasteiger charge is 2.14. The summed E-state index contributed by atoms with van der Waals surface area (Å²) in [5, 5.41) is 0.394. The summed E-state index contributed by atoms with van der Waals surface area (Å²) in [6, 6.07) is 7.97. The first-order chi connectivity index (χ1) is 9.01. The van der Waals surface area contributed by atoms with E-state index in [-0.39, 0.29) is 5.75 Å². The molecule has 0 fully saturated rings. The number of halogens is 3. The van der Waals surface area contributed by atoms with Gasteiger partial charge in [-0.25, -0.2) is 8.78 Å². The van der Waals surface area contributed by atoms with Crippen LogP contribution in [-0.2, 0) is 5.33 Å². The molecule has 0 spiro atoms. The molecule has 0 aromatic heterocycles. The summed E-state index contributed by atoms with van der Waals surface area (Å²) in [7, 11) is 0. The molecule has 100 valence electrons. The van der Waals surface area contributed by atoms with Crippen LogP contribution >= 0.6 is 15.9 Å². The summed E-state index contributed by atoms with van der Waals surface area (Å²) < 4.78 is 33.0. The maximum atomic E-state index is 13.8. The Morgan fingerprint density at radius 3 is 2.21 bits per heavy atom. The molecule has 0 aliphatic heterocycles. The molecule has 0 atom stereocenters. The van der Waals surface area contributed by atoms with Crippen molar-refractivity contribution in [1.82, 2.24) is 0 Å². The van der Waals surface area contributed by atoms with Crippen LogP contribution in [0.4, 0.5) is 8.78 Å². The van der Waals surface area contributed by atoms with Crippen LogP contribution in [0.2, 0.25) is 0 Å². The Bertz CT molecular complexity index is 588. The van der Waals surface area contributed by atoms with Crippen molar-refractivity contribution in [3.63, 3.8) is 0 Å².